The van der Waals surface area contributed by atoms with Crippen LogP contribution in [0, 0.1) is 0 Å². The molecule has 0 aliphatic rings. The molecule has 6 nitrogen and oxygen atoms in total. The third kappa shape index (κ3) is 10.3. The van der Waals surface area contributed by atoms with Crippen LogP contribution >= 0.6 is 7.60 Å². The predicted molar refractivity (Wildman–Crippen MR) is 56.3 cm³/mol. The van der Waals surface area contributed by atoms with Crippen LogP contribution in [0.5, 0.6) is 0 Å². The number of hydrogen-bond donors (Lipinski definition) is 2. The summed E-state index contributed by atoms with van der Waals surface area (Å²) in [5, 5.41) is 0. The molecule has 15 heavy (non-hydrogen) atoms. The van der Waals surface area contributed by atoms with Crippen molar-refractivity contribution in [1.82, 2.24) is 0 Å². The van der Waals surface area contributed by atoms with Crippen LogP contribution in [-0.4, -0.2) is 30.0 Å². The van der Waals surface area contributed by atoms with Gasteiger partial charge in [0.1, 0.15) is 0 Å². The fourth-order valence-electron chi connectivity index (χ4n) is 0.979. The van der Waals surface area contributed by atoms with Gasteiger partial charge < -0.3 is 9.42 Å². The maximum Gasteiger partial charge on any atom is 0.345 e. The standard InChI is InChI=1S/C7H17O6PS/c1-2-3-4-5-6-13-14(8,9)7-15(10,11)12/h2-7H2,1H3,(H,8,9)(H,10,11,12). The van der Waals surface area contributed by atoms with E-state index in [1.165, 1.54) is 0 Å². The van der Waals surface area contributed by atoms with Crippen molar-refractivity contribution in [1.29, 1.82) is 0 Å². The van der Waals surface area contributed by atoms with E-state index in [4.69, 9.17) is 9.45 Å². The van der Waals surface area contributed by atoms with E-state index in [0.717, 1.165) is 19.3 Å². The number of unbranched alkanes of at least 4 members (excludes halogenated alkanes) is 3. The summed E-state index contributed by atoms with van der Waals surface area (Å²) in [6.45, 7) is 2.05. The van der Waals surface area contributed by atoms with Crippen molar-refractivity contribution in [2.24, 2.45) is 0 Å². The van der Waals surface area contributed by atoms with E-state index < -0.39 is 23.2 Å². The summed E-state index contributed by atoms with van der Waals surface area (Å²) in [6.07, 6.45) is 3.49. The highest BCUT2D eigenvalue weighted by Crippen LogP contribution is 2.42. The Kier molecular flexibility index (Phi) is 6.63. The van der Waals surface area contributed by atoms with Gasteiger partial charge in [0.15, 0.2) is 5.49 Å². The Hall–Kier alpha value is 0.0600. The summed E-state index contributed by atoms with van der Waals surface area (Å²) in [5.41, 5.74) is -1.24. The molecule has 0 rings (SSSR count). The van der Waals surface area contributed by atoms with Gasteiger partial charge in [-0.05, 0) is 6.42 Å². The Labute approximate surface area is 89.9 Å². The van der Waals surface area contributed by atoms with Gasteiger partial charge in [0.05, 0.1) is 6.61 Å². The molecule has 2 N–H and O–H groups in total. The van der Waals surface area contributed by atoms with Crippen LogP contribution in [0.1, 0.15) is 32.6 Å². The highest BCUT2D eigenvalue weighted by Gasteiger charge is 2.26. The minimum Gasteiger partial charge on any atom is -0.324 e. The molecule has 0 aromatic carbocycles. The van der Waals surface area contributed by atoms with Crippen LogP contribution in [0.4, 0.5) is 0 Å². The van der Waals surface area contributed by atoms with E-state index in [1.54, 1.807) is 0 Å². The van der Waals surface area contributed by atoms with Crippen molar-refractivity contribution < 1.29 is 27.0 Å². The van der Waals surface area contributed by atoms with Crippen LogP contribution < -0.4 is 0 Å². The van der Waals surface area contributed by atoms with Gasteiger partial charge in [0.2, 0.25) is 0 Å². The molecule has 0 aromatic heterocycles. The Bertz CT molecular complexity index is 311. The largest absolute Gasteiger partial charge is 0.345 e. The lowest BCUT2D eigenvalue weighted by Gasteiger charge is -2.09. The maximum atomic E-state index is 11.1. The normalized spacial score (nSPS) is 16.2. The second-order valence-electron chi connectivity index (χ2n) is 3.24. The minimum absolute atomic E-state index is 0.0310. The second-order valence-corrected chi connectivity index (χ2v) is 6.97. The second kappa shape index (κ2) is 6.60. The average molecular weight is 260 g/mol. The van der Waals surface area contributed by atoms with Crippen molar-refractivity contribution in [3.63, 3.8) is 0 Å². The average Bonchev–Trinajstić information content (AvgIpc) is 1.99. The van der Waals surface area contributed by atoms with E-state index in [0.29, 0.717) is 6.42 Å². The number of rotatable bonds is 8. The summed E-state index contributed by atoms with van der Waals surface area (Å²) >= 11 is 0. The van der Waals surface area contributed by atoms with Gasteiger partial charge >= 0.3 is 7.60 Å². The summed E-state index contributed by atoms with van der Waals surface area (Å²) in [4.78, 5) is 9.00. The zero-order chi connectivity index (χ0) is 11.9. The Morgan fingerprint density at radius 1 is 1.27 bits per heavy atom. The van der Waals surface area contributed by atoms with E-state index in [2.05, 4.69) is 4.52 Å². The molecule has 8 heteroatoms. The summed E-state index contributed by atoms with van der Waals surface area (Å²) < 4.78 is 44.6. The van der Waals surface area contributed by atoms with Crippen molar-refractivity contribution in [2.45, 2.75) is 32.6 Å². The molecular formula is C7H17O6PS. The summed E-state index contributed by atoms with van der Waals surface area (Å²) in [6, 6.07) is 0. The smallest absolute Gasteiger partial charge is 0.324 e. The van der Waals surface area contributed by atoms with Gasteiger partial charge in [-0.25, -0.2) is 0 Å². The lowest BCUT2D eigenvalue weighted by molar-refractivity contribution is 0.255. The first-order chi connectivity index (χ1) is 6.77. The molecule has 92 valence electrons. The molecule has 0 bridgehead atoms. The monoisotopic (exact) mass is 260 g/mol. The zero-order valence-electron chi connectivity index (χ0n) is 8.63. The fourth-order valence-corrected chi connectivity index (χ4v) is 3.34. The van der Waals surface area contributed by atoms with Gasteiger partial charge in [-0.1, -0.05) is 26.2 Å². The molecule has 1 atom stereocenters. The molecule has 0 fully saturated rings. The molecular weight excluding hydrogens is 243 g/mol. The minimum atomic E-state index is -4.47. The molecule has 0 saturated carbocycles. The highest BCUT2D eigenvalue weighted by atomic mass is 32.2. The van der Waals surface area contributed by atoms with Crippen molar-refractivity contribution in [3.05, 3.63) is 0 Å². The quantitative estimate of drug-likeness (QED) is 0.390. The van der Waals surface area contributed by atoms with Crippen LogP contribution in [0.3, 0.4) is 0 Å². The van der Waals surface area contributed by atoms with Gasteiger partial charge in [0, 0.05) is 0 Å². The van der Waals surface area contributed by atoms with Crippen LogP contribution in [0.2, 0.25) is 0 Å². The van der Waals surface area contributed by atoms with Crippen molar-refractivity contribution >= 4 is 17.7 Å². The fraction of sp³-hybridized carbons (Fsp3) is 1.00. The molecule has 0 aliphatic carbocycles. The SMILES string of the molecule is CCCCCCOP(=O)(O)CS(=O)(=O)O. The van der Waals surface area contributed by atoms with E-state index >= 15 is 0 Å². The van der Waals surface area contributed by atoms with E-state index in [1.807, 2.05) is 6.92 Å². The molecule has 0 aliphatic heterocycles. The Morgan fingerprint density at radius 3 is 2.33 bits per heavy atom. The maximum absolute atomic E-state index is 11.1. The molecule has 0 spiro atoms. The third-order valence-corrected chi connectivity index (χ3v) is 4.81. The molecule has 1 unspecified atom stereocenters. The Morgan fingerprint density at radius 2 is 1.87 bits per heavy atom. The summed E-state index contributed by atoms with van der Waals surface area (Å²) in [7, 11) is -8.67. The molecule has 0 aromatic rings. The lowest BCUT2D eigenvalue weighted by Crippen LogP contribution is -2.07. The van der Waals surface area contributed by atoms with Gasteiger partial charge in [-0.15, -0.1) is 0 Å². The van der Waals surface area contributed by atoms with Gasteiger partial charge in [0.25, 0.3) is 10.1 Å². The van der Waals surface area contributed by atoms with Crippen LogP contribution in [-0.2, 0) is 19.2 Å². The van der Waals surface area contributed by atoms with Crippen LogP contribution in [0.25, 0.3) is 0 Å². The predicted octanol–water partition coefficient (Wildman–Crippen LogP) is 1.61. The lowest BCUT2D eigenvalue weighted by atomic mass is 10.2. The molecule has 0 saturated heterocycles. The first-order valence-corrected chi connectivity index (χ1v) is 8.05. The molecule has 0 radical (unpaired) electrons. The van der Waals surface area contributed by atoms with Crippen molar-refractivity contribution in [3.8, 4) is 0 Å². The number of hydrogen-bond acceptors (Lipinski definition) is 4. The first-order valence-electron chi connectivity index (χ1n) is 4.68. The zero-order valence-corrected chi connectivity index (χ0v) is 10.3. The van der Waals surface area contributed by atoms with Crippen molar-refractivity contribution in [2.75, 3.05) is 12.1 Å². The van der Waals surface area contributed by atoms with Gasteiger partial charge in [-0.2, -0.15) is 8.42 Å². The van der Waals surface area contributed by atoms with Gasteiger partial charge in [-0.3, -0.25) is 9.12 Å². The third-order valence-electron chi connectivity index (χ3n) is 1.62. The first kappa shape index (κ1) is 15.1. The van der Waals surface area contributed by atoms with E-state index in [-0.39, 0.29) is 6.61 Å². The molecule has 0 heterocycles. The summed E-state index contributed by atoms with van der Waals surface area (Å²) in [5.74, 6) is 0. The highest BCUT2D eigenvalue weighted by molar-refractivity contribution is 7.92. The topological polar surface area (TPSA) is 101 Å². The van der Waals surface area contributed by atoms with E-state index in [9.17, 15) is 13.0 Å². The Balaban J connectivity index is 3.80. The molecule has 0 amide bonds. The van der Waals surface area contributed by atoms with Crippen LogP contribution in [0.15, 0.2) is 0 Å².